The molecule has 0 fully saturated rings. The molecule has 0 unspecified atom stereocenters. The molecule has 0 aliphatic heterocycles. The highest BCUT2D eigenvalue weighted by Gasteiger charge is 1.94. The first-order chi connectivity index (χ1) is 5.20. The SMILES string of the molecule is CC(C)=Cc1ccncc1O. The van der Waals surface area contributed by atoms with Crippen LogP contribution in [0.15, 0.2) is 24.0 Å². The minimum Gasteiger partial charge on any atom is -0.506 e. The highest BCUT2D eigenvalue weighted by molar-refractivity contribution is 5.57. The first-order valence-electron chi connectivity index (χ1n) is 3.48. The molecular formula is C9H11NO. The summed E-state index contributed by atoms with van der Waals surface area (Å²) in [7, 11) is 0. The first kappa shape index (κ1) is 7.79. The Kier molecular flexibility index (Phi) is 2.26. The van der Waals surface area contributed by atoms with Gasteiger partial charge in [0.1, 0.15) is 5.75 Å². The van der Waals surface area contributed by atoms with Gasteiger partial charge in [0.15, 0.2) is 0 Å². The monoisotopic (exact) mass is 149 g/mol. The average molecular weight is 149 g/mol. The number of aromatic nitrogens is 1. The van der Waals surface area contributed by atoms with E-state index in [0.717, 1.165) is 11.1 Å². The predicted octanol–water partition coefficient (Wildman–Crippen LogP) is 2.21. The molecule has 0 bridgehead atoms. The van der Waals surface area contributed by atoms with Gasteiger partial charge in [0.05, 0.1) is 6.20 Å². The van der Waals surface area contributed by atoms with Crippen molar-refractivity contribution in [1.29, 1.82) is 0 Å². The van der Waals surface area contributed by atoms with E-state index in [-0.39, 0.29) is 5.75 Å². The van der Waals surface area contributed by atoms with Gasteiger partial charge in [-0.2, -0.15) is 0 Å². The van der Waals surface area contributed by atoms with Gasteiger partial charge in [-0.1, -0.05) is 11.6 Å². The maximum absolute atomic E-state index is 9.25. The molecular weight excluding hydrogens is 138 g/mol. The lowest BCUT2D eigenvalue weighted by atomic mass is 10.2. The quantitative estimate of drug-likeness (QED) is 0.664. The normalized spacial score (nSPS) is 9.27. The Balaban J connectivity index is 3.04. The van der Waals surface area contributed by atoms with E-state index >= 15 is 0 Å². The molecule has 2 heteroatoms. The van der Waals surface area contributed by atoms with Gasteiger partial charge in [-0.3, -0.25) is 4.98 Å². The number of allylic oxidation sites excluding steroid dienone is 1. The van der Waals surface area contributed by atoms with Crippen molar-refractivity contribution in [2.45, 2.75) is 13.8 Å². The molecule has 0 atom stereocenters. The highest BCUT2D eigenvalue weighted by atomic mass is 16.3. The van der Waals surface area contributed by atoms with Crippen molar-refractivity contribution in [3.05, 3.63) is 29.6 Å². The van der Waals surface area contributed by atoms with Gasteiger partial charge in [-0.05, 0) is 19.9 Å². The number of rotatable bonds is 1. The lowest BCUT2D eigenvalue weighted by Crippen LogP contribution is -1.76. The number of aromatic hydroxyl groups is 1. The summed E-state index contributed by atoms with van der Waals surface area (Å²) in [6.07, 6.45) is 5.01. The second kappa shape index (κ2) is 3.19. The van der Waals surface area contributed by atoms with Gasteiger partial charge in [0, 0.05) is 11.8 Å². The second-order valence-electron chi connectivity index (χ2n) is 2.66. The van der Waals surface area contributed by atoms with Gasteiger partial charge in [-0.15, -0.1) is 0 Å². The Labute approximate surface area is 66.2 Å². The Morgan fingerprint density at radius 2 is 2.27 bits per heavy atom. The fourth-order valence-corrected chi connectivity index (χ4v) is 0.830. The van der Waals surface area contributed by atoms with Crippen LogP contribution in [0.2, 0.25) is 0 Å². The summed E-state index contributed by atoms with van der Waals surface area (Å²) < 4.78 is 0. The van der Waals surface area contributed by atoms with E-state index in [1.54, 1.807) is 12.3 Å². The first-order valence-corrected chi connectivity index (χ1v) is 3.48. The van der Waals surface area contributed by atoms with Crippen LogP contribution >= 0.6 is 0 Å². The van der Waals surface area contributed by atoms with E-state index in [9.17, 15) is 5.11 Å². The van der Waals surface area contributed by atoms with Gasteiger partial charge in [0.25, 0.3) is 0 Å². The van der Waals surface area contributed by atoms with E-state index in [0.29, 0.717) is 0 Å². The molecule has 0 aromatic carbocycles. The van der Waals surface area contributed by atoms with E-state index in [2.05, 4.69) is 4.98 Å². The third-order valence-electron chi connectivity index (χ3n) is 1.28. The number of hydrogen-bond acceptors (Lipinski definition) is 2. The average Bonchev–Trinajstić information content (AvgIpc) is 1.93. The maximum atomic E-state index is 9.25. The smallest absolute Gasteiger partial charge is 0.141 e. The van der Waals surface area contributed by atoms with Gasteiger partial charge in [0.2, 0.25) is 0 Å². The van der Waals surface area contributed by atoms with Crippen LogP contribution in [0, 0.1) is 0 Å². The minimum absolute atomic E-state index is 0.230. The zero-order valence-corrected chi connectivity index (χ0v) is 6.70. The predicted molar refractivity (Wildman–Crippen MR) is 45.2 cm³/mol. The second-order valence-corrected chi connectivity index (χ2v) is 2.66. The standard InChI is InChI=1S/C9H11NO/c1-7(2)5-8-3-4-10-6-9(8)11/h3-6,11H,1-2H3. The molecule has 0 aliphatic rings. The van der Waals surface area contributed by atoms with Crippen molar-refractivity contribution in [1.82, 2.24) is 4.98 Å². The van der Waals surface area contributed by atoms with Crippen LogP contribution in [0.5, 0.6) is 5.75 Å². The number of hydrogen-bond donors (Lipinski definition) is 1. The third-order valence-corrected chi connectivity index (χ3v) is 1.28. The largest absolute Gasteiger partial charge is 0.506 e. The molecule has 1 aromatic rings. The molecule has 1 N–H and O–H groups in total. The molecule has 0 radical (unpaired) electrons. The molecule has 1 aromatic heterocycles. The zero-order valence-electron chi connectivity index (χ0n) is 6.70. The van der Waals surface area contributed by atoms with E-state index < -0.39 is 0 Å². The van der Waals surface area contributed by atoms with Gasteiger partial charge in [-0.25, -0.2) is 0 Å². The number of nitrogens with zero attached hydrogens (tertiary/aromatic N) is 1. The number of pyridine rings is 1. The molecule has 58 valence electrons. The Bertz CT molecular complexity index is 275. The van der Waals surface area contributed by atoms with Crippen LogP contribution in [-0.2, 0) is 0 Å². The van der Waals surface area contributed by atoms with Crippen molar-refractivity contribution in [2.75, 3.05) is 0 Å². The summed E-state index contributed by atoms with van der Waals surface area (Å²) in [5, 5.41) is 9.25. The third kappa shape index (κ3) is 2.08. The molecule has 11 heavy (non-hydrogen) atoms. The van der Waals surface area contributed by atoms with Gasteiger partial charge < -0.3 is 5.11 Å². The maximum Gasteiger partial charge on any atom is 0.141 e. The lowest BCUT2D eigenvalue weighted by Gasteiger charge is -1.96. The molecule has 1 rings (SSSR count). The Morgan fingerprint density at radius 1 is 1.55 bits per heavy atom. The summed E-state index contributed by atoms with van der Waals surface area (Å²) in [4.78, 5) is 3.77. The van der Waals surface area contributed by atoms with Crippen LogP contribution < -0.4 is 0 Å². The summed E-state index contributed by atoms with van der Waals surface area (Å²) in [6, 6.07) is 1.78. The molecule has 0 aliphatic carbocycles. The molecule has 0 saturated heterocycles. The van der Waals surface area contributed by atoms with Crippen molar-refractivity contribution in [3.8, 4) is 5.75 Å². The molecule has 0 amide bonds. The van der Waals surface area contributed by atoms with Crippen molar-refractivity contribution in [3.63, 3.8) is 0 Å². The highest BCUT2D eigenvalue weighted by Crippen LogP contribution is 2.16. The summed E-state index contributed by atoms with van der Waals surface area (Å²) in [6.45, 7) is 3.97. The van der Waals surface area contributed by atoms with Crippen LogP contribution in [0.1, 0.15) is 19.4 Å². The molecule has 0 saturated carbocycles. The molecule has 1 heterocycles. The van der Waals surface area contributed by atoms with Crippen molar-refractivity contribution in [2.24, 2.45) is 0 Å². The lowest BCUT2D eigenvalue weighted by molar-refractivity contribution is 0.471. The Hall–Kier alpha value is -1.31. The minimum atomic E-state index is 0.230. The molecule has 0 spiro atoms. The topological polar surface area (TPSA) is 33.1 Å². The van der Waals surface area contributed by atoms with E-state index in [1.165, 1.54) is 6.20 Å². The van der Waals surface area contributed by atoms with Crippen molar-refractivity contribution < 1.29 is 5.11 Å². The van der Waals surface area contributed by atoms with Crippen LogP contribution in [0.3, 0.4) is 0 Å². The van der Waals surface area contributed by atoms with Crippen LogP contribution in [0.4, 0.5) is 0 Å². The summed E-state index contributed by atoms with van der Waals surface area (Å²) in [5.41, 5.74) is 1.98. The van der Waals surface area contributed by atoms with Crippen molar-refractivity contribution >= 4 is 6.08 Å². The van der Waals surface area contributed by atoms with E-state index in [1.807, 2.05) is 19.9 Å². The summed E-state index contributed by atoms with van der Waals surface area (Å²) >= 11 is 0. The van der Waals surface area contributed by atoms with Gasteiger partial charge >= 0.3 is 0 Å². The molecule has 2 nitrogen and oxygen atoms in total. The van der Waals surface area contributed by atoms with Crippen LogP contribution in [-0.4, -0.2) is 10.1 Å². The fourth-order valence-electron chi connectivity index (χ4n) is 0.830. The van der Waals surface area contributed by atoms with Crippen LogP contribution in [0.25, 0.3) is 6.08 Å². The zero-order chi connectivity index (χ0) is 8.27. The Morgan fingerprint density at radius 3 is 2.82 bits per heavy atom. The fraction of sp³-hybridized carbons (Fsp3) is 0.222. The summed E-state index contributed by atoms with van der Waals surface area (Å²) in [5.74, 6) is 0.230. The van der Waals surface area contributed by atoms with E-state index in [4.69, 9.17) is 0 Å².